The minimum Gasteiger partial charge on any atom is -0.340 e. The van der Waals surface area contributed by atoms with Crippen LogP contribution in [-0.4, -0.2) is 39.6 Å². The van der Waals surface area contributed by atoms with Gasteiger partial charge in [-0.3, -0.25) is 9.78 Å². The second-order valence-electron chi connectivity index (χ2n) is 5.95. The van der Waals surface area contributed by atoms with Gasteiger partial charge < -0.3 is 10.2 Å². The van der Waals surface area contributed by atoms with E-state index in [9.17, 15) is 4.79 Å². The molecule has 2 aromatic heterocycles. The highest BCUT2D eigenvalue weighted by molar-refractivity contribution is 5.92. The van der Waals surface area contributed by atoms with Gasteiger partial charge in [-0.25, -0.2) is 0 Å². The summed E-state index contributed by atoms with van der Waals surface area (Å²) in [5.41, 5.74) is 2.79. The smallest absolute Gasteiger partial charge is 0.274 e. The number of hydrogen-bond donors (Lipinski definition) is 1. The molecule has 0 aliphatic rings. The van der Waals surface area contributed by atoms with Crippen LogP contribution < -0.4 is 5.32 Å². The van der Waals surface area contributed by atoms with E-state index in [1.54, 1.807) is 60.7 Å². The number of amides is 1. The zero-order chi connectivity index (χ0) is 19.1. The van der Waals surface area contributed by atoms with Gasteiger partial charge in [0.15, 0.2) is 11.5 Å². The summed E-state index contributed by atoms with van der Waals surface area (Å²) in [4.78, 5) is 18.1. The van der Waals surface area contributed by atoms with Gasteiger partial charge in [-0.15, -0.1) is 10.2 Å². The van der Waals surface area contributed by atoms with Crippen molar-refractivity contribution in [3.8, 4) is 6.07 Å². The van der Waals surface area contributed by atoms with Crippen molar-refractivity contribution < 1.29 is 4.79 Å². The average molecular weight is 358 g/mol. The largest absolute Gasteiger partial charge is 0.340 e. The van der Waals surface area contributed by atoms with Gasteiger partial charge in [0.1, 0.15) is 0 Å². The Hall–Kier alpha value is -3.79. The summed E-state index contributed by atoms with van der Waals surface area (Å²) in [5.74, 6) is 0.345. The molecule has 7 heteroatoms. The molecule has 0 atom stereocenters. The van der Waals surface area contributed by atoms with Crippen LogP contribution in [0.15, 0.2) is 60.9 Å². The van der Waals surface area contributed by atoms with Crippen LogP contribution in [-0.2, 0) is 6.42 Å². The van der Waals surface area contributed by atoms with Crippen molar-refractivity contribution in [1.29, 1.82) is 5.26 Å². The molecule has 3 aromatic rings. The standard InChI is InChI=1S/C20H18N6O/c1-26(13-10-15-8-11-22-12-9-15)20(27)18-6-7-19(25-24-18)23-17-4-2-16(14-21)3-5-17/h2-9,11-12H,10,13H2,1H3,(H,23,25). The molecule has 0 spiro atoms. The zero-order valence-corrected chi connectivity index (χ0v) is 14.8. The van der Waals surface area contributed by atoms with Gasteiger partial charge in [0, 0.05) is 31.7 Å². The number of nitriles is 1. The Morgan fingerprint density at radius 2 is 1.81 bits per heavy atom. The Morgan fingerprint density at radius 1 is 1.07 bits per heavy atom. The number of likely N-dealkylation sites (N-methyl/N-ethyl adjacent to an activating group) is 1. The molecule has 0 bridgehead atoms. The number of aromatic nitrogens is 3. The average Bonchev–Trinajstić information content (AvgIpc) is 2.73. The molecule has 134 valence electrons. The van der Waals surface area contributed by atoms with Crippen molar-refractivity contribution in [3.05, 3.63) is 77.7 Å². The highest BCUT2D eigenvalue weighted by Gasteiger charge is 2.13. The van der Waals surface area contributed by atoms with Crippen LogP contribution in [0.2, 0.25) is 0 Å². The minimum atomic E-state index is -0.179. The molecule has 0 saturated carbocycles. The topological polar surface area (TPSA) is 94.8 Å². The zero-order valence-electron chi connectivity index (χ0n) is 14.8. The van der Waals surface area contributed by atoms with Crippen LogP contribution in [0.1, 0.15) is 21.6 Å². The van der Waals surface area contributed by atoms with E-state index < -0.39 is 0 Å². The Morgan fingerprint density at radius 3 is 2.44 bits per heavy atom. The number of carbonyl (C=O) groups excluding carboxylic acids is 1. The van der Waals surface area contributed by atoms with Gasteiger partial charge in [-0.2, -0.15) is 5.26 Å². The Labute approximate surface area is 157 Å². The molecule has 3 rings (SSSR count). The quantitative estimate of drug-likeness (QED) is 0.728. The molecule has 1 aromatic carbocycles. The number of anilines is 2. The first-order chi connectivity index (χ1) is 13.2. The highest BCUT2D eigenvalue weighted by Crippen LogP contribution is 2.15. The highest BCUT2D eigenvalue weighted by atomic mass is 16.2. The van der Waals surface area contributed by atoms with Gasteiger partial charge in [-0.1, -0.05) is 0 Å². The summed E-state index contributed by atoms with van der Waals surface area (Å²) in [6.45, 7) is 0.579. The molecule has 2 heterocycles. The van der Waals surface area contributed by atoms with E-state index in [4.69, 9.17) is 5.26 Å². The molecule has 7 nitrogen and oxygen atoms in total. The number of hydrogen-bond acceptors (Lipinski definition) is 6. The Balaban J connectivity index is 1.58. The molecule has 0 aliphatic heterocycles. The monoisotopic (exact) mass is 358 g/mol. The summed E-state index contributed by atoms with van der Waals surface area (Å²) in [6.07, 6.45) is 4.22. The fraction of sp³-hybridized carbons (Fsp3) is 0.150. The van der Waals surface area contributed by atoms with E-state index in [2.05, 4.69) is 26.6 Å². The Bertz CT molecular complexity index is 933. The first-order valence-corrected chi connectivity index (χ1v) is 8.41. The van der Waals surface area contributed by atoms with Gasteiger partial charge in [0.05, 0.1) is 11.6 Å². The van der Waals surface area contributed by atoms with E-state index in [1.807, 2.05) is 12.1 Å². The molecule has 27 heavy (non-hydrogen) atoms. The maximum absolute atomic E-state index is 12.5. The third kappa shape index (κ3) is 4.86. The van der Waals surface area contributed by atoms with Crippen molar-refractivity contribution in [2.24, 2.45) is 0 Å². The van der Waals surface area contributed by atoms with Gasteiger partial charge >= 0.3 is 0 Å². The van der Waals surface area contributed by atoms with Crippen LogP contribution in [0.25, 0.3) is 0 Å². The van der Waals surface area contributed by atoms with Crippen molar-refractivity contribution in [2.75, 3.05) is 18.9 Å². The number of rotatable bonds is 6. The van der Waals surface area contributed by atoms with E-state index in [0.29, 0.717) is 17.9 Å². The van der Waals surface area contributed by atoms with Crippen LogP contribution in [0.5, 0.6) is 0 Å². The fourth-order valence-electron chi connectivity index (χ4n) is 2.43. The first-order valence-electron chi connectivity index (χ1n) is 8.41. The van der Waals surface area contributed by atoms with Crippen molar-refractivity contribution >= 4 is 17.4 Å². The third-order valence-corrected chi connectivity index (χ3v) is 4.00. The summed E-state index contributed by atoms with van der Waals surface area (Å²) >= 11 is 0. The maximum atomic E-state index is 12.5. The normalized spacial score (nSPS) is 10.1. The van der Waals surface area contributed by atoms with Gasteiger partial charge in [-0.05, 0) is 60.5 Å². The number of nitrogens with one attached hydrogen (secondary N) is 1. The Kier molecular flexibility index (Phi) is 5.70. The lowest BCUT2D eigenvalue weighted by Gasteiger charge is -2.16. The lowest BCUT2D eigenvalue weighted by atomic mass is 10.2. The summed E-state index contributed by atoms with van der Waals surface area (Å²) in [6, 6.07) is 16.3. The lowest BCUT2D eigenvalue weighted by molar-refractivity contribution is 0.0789. The van der Waals surface area contributed by atoms with Gasteiger partial charge in [0.2, 0.25) is 0 Å². The fourth-order valence-corrected chi connectivity index (χ4v) is 2.43. The van der Waals surface area contributed by atoms with Crippen LogP contribution >= 0.6 is 0 Å². The summed E-state index contributed by atoms with van der Waals surface area (Å²) in [7, 11) is 1.74. The van der Waals surface area contributed by atoms with E-state index in [1.165, 1.54) is 0 Å². The summed E-state index contributed by atoms with van der Waals surface area (Å²) < 4.78 is 0. The molecule has 0 fully saturated rings. The van der Waals surface area contributed by atoms with E-state index in [0.717, 1.165) is 17.7 Å². The third-order valence-electron chi connectivity index (χ3n) is 4.00. The van der Waals surface area contributed by atoms with E-state index in [-0.39, 0.29) is 11.6 Å². The molecule has 0 aliphatic carbocycles. The SMILES string of the molecule is CN(CCc1ccncc1)C(=O)c1ccc(Nc2ccc(C#N)cc2)nn1. The molecule has 1 amide bonds. The predicted molar refractivity (Wildman–Crippen MR) is 101 cm³/mol. The molecular weight excluding hydrogens is 340 g/mol. The summed E-state index contributed by atoms with van der Waals surface area (Å²) in [5, 5.41) is 20.0. The number of carbonyl (C=O) groups is 1. The van der Waals surface area contributed by atoms with Gasteiger partial charge in [0.25, 0.3) is 5.91 Å². The number of nitrogens with zero attached hydrogens (tertiary/aromatic N) is 5. The molecule has 0 unspecified atom stereocenters. The molecular formula is C20H18N6O. The first kappa shape index (κ1) is 18.0. The van der Waals surface area contributed by atoms with Crippen molar-refractivity contribution in [3.63, 3.8) is 0 Å². The molecule has 0 saturated heterocycles. The second-order valence-corrected chi connectivity index (χ2v) is 5.95. The molecule has 1 N–H and O–H groups in total. The number of benzene rings is 1. The van der Waals surface area contributed by atoms with Crippen LogP contribution in [0.4, 0.5) is 11.5 Å². The maximum Gasteiger partial charge on any atom is 0.274 e. The second kappa shape index (κ2) is 8.54. The number of pyridine rings is 1. The van der Waals surface area contributed by atoms with E-state index >= 15 is 0 Å². The van der Waals surface area contributed by atoms with Crippen LogP contribution in [0, 0.1) is 11.3 Å². The predicted octanol–water partition coefficient (Wildman–Crippen LogP) is 2.80. The van der Waals surface area contributed by atoms with Crippen molar-refractivity contribution in [1.82, 2.24) is 20.1 Å². The minimum absolute atomic E-state index is 0.179. The molecule has 0 radical (unpaired) electrons. The van der Waals surface area contributed by atoms with Crippen molar-refractivity contribution in [2.45, 2.75) is 6.42 Å². The van der Waals surface area contributed by atoms with Crippen LogP contribution in [0.3, 0.4) is 0 Å². The lowest BCUT2D eigenvalue weighted by Crippen LogP contribution is -2.29.